The van der Waals surface area contributed by atoms with Crippen LogP contribution >= 0.6 is 0 Å². The van der Waals surface area contributed by atoms with Gasteiger partial charge in [-0.2, -0.15) is 0 Å². The van der Waals surface area contributed by atoms with Crippen LogP contribution in [0.2, 0.25) is 0 Å². The molecule has 0 radical (unpaired) electrons. The zero-order chi connectivity index (χ0) is 15.9. The van der Waals surface area contributed by atoms with Gasteiger partial charge in [-0.05, 0) is 31.5 Å². The number of para-hydroxylation sites is 1. The molecule has 0 bridgehead atoms. The lowest BCUT2D eigenvalue weighted by molar-refractivity contribution is -0.142. The average molecular weight is 305 g/mol. The second-order valence-corrected chi connectivity index (χ2v) is 5.15. The molecule has 1 aliphatic rings. The van der Waals surface area contributed by atoms with Crippen LogP contribution in [0, 0.1) is 0 Å². The third kappa shape index (κ3) is 4.56. The van der Waals surface area contributed by atoms with Gasteiger partial charge in [-0.3, -0.25) is 19.8 Å². The van der Waals surface area contributed by atoms with Crippen molar-refractivity contribution in [3.05, 3.63) is 30.3 Å². The molecule has 2 rings (SSSR count). The minimum Gasteiger partial charge on any atom is -0.480 e. The van der Waals surface area contributed by atoms with Crippen molar-refractivity contribution in [3.8, 4) is 0 Å². The number of urea groups is 1. The summed E-state index contributed by atoms with van der Waals surface area (Å²) < 4.78 is 0. The molecule has 0 spiro atoms. The normalized spacial score (nSPS) is 17.9. The number of hydrogen-bond donors (Lipinski definition) is 3. The van der Waals surface area contributed by atoms with Crippen LogP contribution in [-0.2, 0) is 9.59 Å². The lowest BCUT2D eigenvalue weighted by Crippen LogP contribution is -2.40. The van der Waals surface area contributed by atoms with Crippen molar-refractivity contribution in [1.82, 2.24) is 10.2 Å². The summed E-state index contributed by atoms with van der Waals surface area (Å²) in [4.78, 5) is 36.2. The predicted molar refractivity (Wildman–Crippen MR) is 80.5 cm³/mol. The van der Waals surface area contributed by atoms with Crippen LogP contribution in [0.5, 0.6) is 0 Å². The molecular formula is C15H19N3O4. The Morgan fingerprint density at radius 1 is 1.23 bits per heavy atom. The van der Waals surface area contributed by atoms with Crippen molar-refractivity contribution in [2.75, 3.05) is 18.4 Å². The second-order valence-electron chi connectivity index (χ2n) is 5.15. The second kappa shape index (κ2) is 7.56. The summed E-state index contributed by atoms with van der Waals surface area (Å²) in [6.45, 7) is 1.00. The average Bonchev–Trinajstić information content (AvgIpc) is 2.94. The van der Waals surface area contributed by atoms with E-state index in [2.05, 4.69) is 10.6 Å². The molecule has 1 aromatic carbocycles. The number of hydrogen-bond acceptors (Lipinski definition) is 4. The molecule has 0 unspecified atom stereocenters. The molecule has 0 aromatic heterocycles. The number of anilines is 1. The largest absolute Gasteiger partial charge is 0.480 e. The number of carbonyl (C=O) groups is 3. The highest BCUT2D eigenvalue weighted by Crippen LogP contribution is 2.17. The number of likely N-dealkylation sites (tertiary alicyclic amines) is 1. The highest BCUT2D eigenvalue weighted by atomic mass is 16.4. The van der Waals surface area contributed by atoms with Gasteiger partial charge in [0, 0.05) is 18.7 Å². The molecule has 3 amide bonds. The molecule has 1 saturated heterocycles. The van der Waals surface area contributed by atoms with Crippen LogP contribution in [0.1, 0.15) is 19.3 Å². The first-order valence-corrected chi connectivity index (χ1v) is 7.19. The van der Waals surface area contributed by atoms with E-state index in [0.29, 0.717) is 25.2 Å². The summed E-state index contributed by atoms with van der Waals surface area (Å²) in [6, 6.07) is 7.69. The van der Waals surface area contributed by atoms with E-state index < -0.39 is 23.9 Å². The van der Waals surface area contributed by atoms with Crippen LogP contribution in [0.25, 0.3) is 0 Å². The topological polar surface area (TPSA) is 98.7 Å². The Bertz CT molecular complexity index is 547. The molecule has 1 aliphatic heterocycles. The molecule has 1 aromatic rings. The molecular weight excluding hydrogens is 286 g/mol. The van der Waals surface area contributed by atoms with E-state index in [9.17, 15) is 14.4 Å². The first-order valence-electron chi connectivity index (χ1n) is 7.19. The van der Waals surface area contributed by atoms with E-state index in [4.69, 9.17) is 5.11 Å². The SMILES string of the molecule is O=C(CCN1CCC[C@@H]1C(=O)O)NC(=O)Nc1ccccc1. The number of nitrogens with zero attached hydrogens (tertiary/aromatic N) is 1. The maximum atomic E-state index is 11.7. The third-order valence-corrected chi connectivity index (χ3v) is 3.56. The summed E-state index contributed by atoms with van der Waals surface area (Å²) in [6.07, 6.45) is 1.50. The zero-order valence-corrected chi connectivity index (χ0v) is 12.1. The lowest BCUT2D eigenvalue weighted by atomic mass is 10.2. The molecule has 3 N–H and O–H groups in total. The summed E-state index contributed by atoms with van der Waals surface area (Å²) in [5.41, 5.74) is 0.596. The maximum absolute atomic E-state index is 11.7. The third-order valence-electron chi connectivity index (χ3n) is 3.56. The molecule has 118 valence electrons. The van der Waals surface area contributed by atoms with Crippen molar-refractivity contribution < 1.29 is 19.5 Å². The van der Waals surface area contributed by atoms with Crippen LogP contribution in [-0.4, -0.2) is 47.0 Å². The highest BCUT2D eigenvalue weighted by molar-refractivity contribution is 6.01. The smallest absolute Gasteiger partial charge is 0.325 e. The summed E-state index contributed by atoms with van der Waals surface area (Å²) in [5.74, 6) is -1.29. The summed E-state index contributed by atoms with van der Waals surface area (Å²) in [5, 5.41) is 13.8. The van der Waals surface area contributed by atoms with E-state index in [0.717, 1.165) is 6.42 Å². The molecule has 0 saturated carbocycles. The lowest BCUT2D eigenvalue weighted by Gasteiger charge is -2.20. The van der Waals surface area contributed by atoms with Gasteiger partial charge in [0.1, 0.15) is 6.04 Å². The van der Waals surface area contributed by atoms with Gasteiger partial charge in [-0.25, -0.2) is 4.79 Å². The fourth-order valence-corrected chi connectivity index (χ4v) is 2.49. The van der Waals surface area contributed by atoms with Gasteiger partial charge in [-0.1, -0.05) is 18.2 Å². The minimum absolute atomic E-state index is 0.0893. The van der Waals surface area contributed by atoms with Gasteiger partial charge in [-0.15, -0.1) is 0 Å². The van der Waals surface area contributed by atoms with E-state index in [-0.39, 0.29) is 6.42 Å². The monoisotopic (exact) mass is 305 g/mol. The molecule has 7 nitrogen and oxygen atoms in total. The fraction of sp³-hybridized carbons (Fsp3) is 0.400. The number of carboxylic acids is 1. The van der Waals surface area contributed by atoms with E-state index >= 15 is 0 Å². The van der Waals surface area contributed by atoms with Crippen LogP contribution in [0.3, 0.4) is 0 Å². The van der Waals surface area contributed by atoms with Gasteiger partial charge < -0.3 is 10.4 Å². The number of imide groups is 1. The van der Waals surface area contributed by atoms with E-state index in [1.165, 1.54) is 0 Å². The number of aliphatic carboxylic acids is 1. The molecule has 1 fully saturated rings. The fourth-order valence-electron chi connectivity index (χ4n) is 2.49. The van der Waals surface area contributed by atoms with Crippen LogP contribution in [0.15, 0.2) is 30.3 Å². The van der Waals surface area contributed by atoms with Gasteiger partial charge in [0.25, 0.3) is 0 Å². The highest BCUT2D eigenvalue weighted by Gasteiger charge is 2.30. The van der Waals surface area contributed by atoms with Gasteiger partial charge in [0.15, 0.2) is 0 Å². The van der Waals surface area contributed by atoms with Gasteiger partial charge in [0.05, 0.1) is 0 Å². The van der Waals surface area contributed by atoms with Crippen molar-refractivity contribution >= 4 is 23.6 Å². The molecule has 1 atom stereocenters. The molecule has 22 heavy (non-hydrogen) atoms. The minimum atomic E-state index is -0.861. The van der Waals surface area contributed by atoms with Crippen molar-refractivity contribution in [2.45, 2.75) is 25.3 Å². The van der Waals surface area contributed by atoms with Crippen LogP contribution in [0.4, 0.5) is 10.5 Å². The molecule has 7 heteroatoms. The van der Waals surface area contributed by atoms with Crippen molar-refractivity contribution in [2.24, 2.45) is 0 Å². The zero-order valence-electron chi connectivity index (χ0n) is 12.1. The number of nitrogens with one attached hydrogen (secondary N) is 2. The number of carbonyl (C=O) groups excluding carboxylic acids is 2. The Morgan fingerprint density at radius 2 is 1.95 bits per heavy atom. The Balaban J connectivity index is 1.73. The van der Waals surface area contributed by atoms with E-state index in [1.807, 2.05) is 6.07 Å². The van der Waals surface area contributed by atoms with Crippen LogP contribution < -0.4 is 10.6 Å². The maximum Gasteiger partial charge on any atom is 0.325 e. The quantitative estimate of drug-likeness (QED) is 0.761. The first-order chi connectivity index (χ1) is 10.6. The van der Waals surface area contributed by atoms with E-state index in [1.54, 1.807) is 29.2 Å². The number of rotatable bonds is 5. The molecule has 0 aliphatic carbocycles. The Morgan fingerprint density at radius 3 is 2.64 bits per heavy atom. The number of benzene rings is 1. The first kappa shape index (κ1) is 16.0. The van der Waals surface area contributed by atoms with Gasteiger partial charge >= 0.3 is 12.0 Å². The Hall–Kier alpha value is -2.41. The number of amides is 3. The molecule has 1 heterocycles. The Labute approximate surface area is 128 Å². The Kier molecular flexibility index (Phi) is 5.48. The number of carboxylic acid groups (broad SMARTS) is 1. The summed E-state index contributed by atoms with van der Waals surface area (Å²) in [7, 11) is 0. The summed E-state index contributed by atoms with van der Waals surface area (Å²) >= 11 is 0. The predicted octanol–water partition coefficient (Wildman–Crippen LogP) is 1.27. The van der Waals surface area contributed by atoms with Crippen molar-refractivity contribution in [3.63, 3.8) is 0 Å². The van der Waals surface area contributed by atoms with Crippen molar-refractivity contribution in [1.29, 1.82) is 0 Å². The van der Waals surface area contributed by atoms with Gasteiger partial charge in [0.2, 0.25) is 5.91 Å². The standard InChI is InChI=1S/C15H19N3O4/c19-13(8-10-18-9-4-7-12(18)14(20)21)17-15(22)16-11-5-2-1-3-6-11/h1-3,5-6,12H,4,7-10H2,(H,20,21)(H2,16,17,19,22)/t12-/m1/s1.